The van der Waals surface area contributed by atoms with Crippen LogP contribution in [-0.2, 0) is 14.4 Å². The molecule has 0 bridgehead atoms. The Hall–Kier alpha value is -1.57. The maximum Gasteiger partial charge on any atom is 0.235 e. The summed E-state index contributed by atoms with van der Waals surface area (Å²) < 4.78 is 0. The molecule has 4 unspecified atom stereocenters. The molecule has 0 N–H and O–H groups in total. The number of aliphatic imine (C=N–C) groups is 2. The monoisotopic (exact) mass is 208 g/mol. The molecule has 1 aliphatic carbocycles. The summed E-state index contributed by atoms with van der Waals surface area (Å²) in [5.41, 5.74) is 0. The van der Waals surface area contributed by atoms with Crippen molar-refractivity contribution in [2.45, 2.75) is 32.4 Å². The van der Waals surface area contributed by atoms with Gasteiger partial charge in [0.2, 0.25) is 12.2 Å². The normalized spacial score (nSPS) is 35.2. The third-order valence-corrected chi connectivity index (χ3v) is 2.87. The highest BCUT2D eigenvalue weighted by molar-refractivity contribution is 5.86. The van der Waals surface area contributed by atoms with Crippen molar-refractivity contribution >= 4 is 17.9 Å². The summed E-state index contributed by atoms with van der Waals surface area (Å²) in [6.45, 7) is 3.60. The molecular formula is C10H12N2O3. The first-order valence-corrected chi connectivity index (χ1v) is 4.78. The predicted octanol–water partition coefficient (Wildman–Crippen LogP) is 0.640. The molecule has 15 heavy (non-hydrogen) atoms. The zero-order valence-electron chi connectivity index (χ0n) is 8.64. The van der Waals surface area contributed by atoms with Gasteiger partial charge in [-0.05, 0) is 5.92 Å². The molecule has 1 saturated carbocycles. The molecule has 0 aromatic heterocycles. The Morgan fingerprint density at radius 1 is 1.20 bits per heavy atom. The molecule has 0 saturated heterocycles. The second-order valence-corrected chi connectivity index (χ2v) is 3.88. The summed E-state index contributed by atoms with van der Waals surface area (Å²) in [5, 5.41) is 0. The van der Waals surface area contributed by atoms with E-state index in [1.54, 1.807) is 6.92 Å². The lowest BCUT2D eigenvalue weighted by Crippen LogP contribution is -2.43. The van der Waals surface area contributed by atoms with E-state index in [0.717, 1.165) is 0 Å². The Morgan fingerprint density at radius 3 is 2.33 bits per heavy atom. The summed E-state index contributed by atoms with van der Waals surface area (Å²) in [5.74, 6) is -0.341. The van der Waals surface area contributed by atoms with Crippen LogP contribution in [0.25, 0.3) is 0 Å². The summed E-state index contributed by atoms with van der Waals surface area (Å²) >= 11 is 0. The van der Waals surface area contributed by atoms with Crippen molar-refractivity contribution in [3.05, 3.63) is 0 Å². The summed E-state index contributed by atoms with van der Waals surface area (Å²) in [6.07, 6.45) is 3.18. The van der Waals surface area contributed by atoms with Crippen molar-refractivity contribution in [1.82, 2.24) is 0 Å². The number of ketones is 1. The van der Waals surface area contributed by atoms with Gasteiger partial charge in [-0.25, -0.2) is 14.6 Å². The fourth-order valence-corrected chi connectivity index (χ4v) is 2.11. The molecule has 5 heteroatoms. The molecule has 1 rings (SSSR count). The number of carbonyl (C=O) groups is 1. The molecule has 0 aromatic rings. The largest absolute Gasteiger partial charge is 0.297 e. The Bertz CT molecular complexity index is 354. The van der Waals surface area contributed by atoms with Crippen LogP contribution in [0.5, 0.6) is 0 Å². The van der Waals surface area contributed by atoms with Crippen LogP contribution in [-0.4, -0.2) is 30.0 Å². The van der Waals surface area contributed by atoms with Gasteiger partial charge in [-0.2, -0.15) is 4.99 Å². The molecule has 80 valence electrons. The zero-order valence-corrected chi connectivity index (χ0v) is 8.64. The SMILES string of the molecule is CC1CC(=O)C(N=C=O)C(C)C1N=C=O. The lowest BCUT2D eigenvalue weighted by atomic mass is 9.75. The standard InChI is InChI=1S/C10H12N2O3/c1-6-3-8(15)10(12-5-14)7(2)9(6)11-4-13/h6-7,9-10H,3H2,1-2H3. The average Bonchev–Trinajstić information content (AvgIpc) is 2.19. The van der Waals surface area contributed by atoms with Crippen molar-refractivity contribution in [2.75, 3.05) is 0 Å². The quantitative estimate of drug-likeness (QED) is 0.493. The summed E-state index contributed by atoms with van der Waals surface area (Å²) in [4.78, 5) is 39.1. The first-order valence-electron chi connectivity index (χ1n) is 4.78. The first-order chi connectivity index (χ1) is 7.11. The fourth-order valence-electron chi connectivity index (χ4n) is 2.11. The number of hydrogen-bond donors (Lipinski definition) is 0. The minimum absolute atomic E-state index is 0.00736. The van der Waals surface area contributed by atoms with Crippen molar-refractivity contribution in [3.8, 4) is 0 Å². The van der Waals surface area contributed by atoms with E-state index in [1.807, 2.05) is 6.92 Å². The molecule has 0 heterocycles. The third kappa shape index (κ3) is 2.27. The van der Waals surface area contributed by atoms with Crippen LogP contribution >= 0.6 is 0 Å². The highest BCUT2D eigenvalue weighted by atomic mass is 16.1. The molecule has 0 aromatic carbocycles. The number of carbonyl (C=O) groups excluding carboxylic acids is 3. The van der Waals surface area contributed by atoms with Gasteiger partial charge in [0.1, 0.15) is 6.04 Å². The summed E-state index contributed by atoms with van der Waals surface area (Å²) in [7, 11) is 0. The van der Waals surface area contributed by atoms with Crippen molar-refractivity contribution < 1.29 is 14.4 Å². The molecule has 1 fully saturated rings. The number of isocyanates is 2. The van der Waals surface area contributed by atoms with Crippen LogP contribution in [0.2, 0.25) is 0 Å². The van der Waals surface area contributed by atoms with Gasteiger partial charge in [0, 0.05) is 12.3 Å². The van der Waals surface area contributed by atoms with E-state index in [4.69, 9.17) is 0 Å². The van der Waals surface area contributed by atoms with Crippen LogP contribution < -0.4 is 0 Å². The van der Waals surface area contributed by atoms with E-state index in [9.17, 15) is 14.4 Å². The maximum atomic E-state index is 11.5. The van der Waals surface area contributed by atoms with Crippen LogP contribution in [0.15, 0.2) is 9.98 Å². The zero-order chi connectivity index (χ0) is 11.4. The Balaban J connectivity index is 2.98. The Morgan fingerprint density at radius 2 is 1.80 bits per heavy atom. The van der Waals surface area contributed by atoms with Gasteiger partial charge >= 0.3 is 0 Å². The second-order valence-electron chi connectivity index (χ2n) is 3.88. The van der Waals surface area contributed by atoms with E-state index in [2.05, 4.69) is 9.98 Å². The molecule has 0 spiro atoms. The maximum absolute atomic E-state index is 11.5. The predicted molar refractivity (Wildman–Crippen MR) is 51.8 cm³/mol. The lowest BCUT2D eigenvalue weighted by molar-refractivity contribution is -0.124. The van der Waals surface area contributed by atoms with Gasteiger partial charge in [-0.15, -0.1) is 0 Å². The van der Waals surface area contributed by atoms with Gasteiger partial charge in [-0.1, -0.05) is 13.8 Å². The van der Waals surface area contributed by atoms with Crippen molar-refractivity contribution in [1.29, 1.82) is 0 Å². The van der Waals surface area contributed by atoms with Crippen LogP contribution in [0.1, 0.15) is 20.3 Å². The molecule has 0 amide bonds. The van der Waals surface area contributed by atoms with Crippen LogP contribution in [0.3, 0.4) is 0 Å². The van der Waals surface area contributed by atoms with Gasteiger partial charge in [-0.3, -0.25) is 4.79 Å². The number of rotatable bonds is 2. The minimum atomic E-state index is -0.708. The molecule has 0 radical (unpaired) electrons. The third-order valence-electron chi connectivity index (χ3n) is 2.87. The van der Waals surface area contributed by atoms with E-state index < -0.39 is 6.04 Å². The van der Waals surface area contributed by atoms with Gasteiger partial charge in [0.15, 0.2) is 5.78 Å². The van der Waals surface area contributed by atoms with Crippen molar-refractivity contribution in [3.63, 3.8) is 0 Å². The van der Waals surface area contributed by atoms with E-state index >= 15 is 0 Å². The number of nitrogens with zero attached hydrogens (tertiary/aromatic N) is 2. The van der Waals surface area contributed by atoms with E-state index in [-0.39, 0.29) is 30.1 Å². The topological polar surface area (TPSA) is 75.9 Å². The van der Waals surface area contributed by atoms with Crippen molar-refractivity contribution in [2.24, 2.45) is 21.8 Å². The van der Waals surface area contributed by atoms with Crippen LogP contribution in [0, 0.1) is 11.8 Å². The average molecular weight is 208 g/mol. The van der Waals surface area contributed by atoms with Gasteiger partial charge < -0.3 is 0 Å². The van der Waals surface area contributed by atoms with E-state index in [0.29, 0.717) is 0 Å². The minimum Gasteiger partial charge on any atom is -0.297 e. The molecule has 1 aliphatic rings. The number of Topliss-reactive ketones (excluding diaryl/α,β-unsaturated/α-hetero) is 1. The number of hydrogen-bond acceptors (Lipinski definition) is 5. The van der Waals surface area contributed by atoms with E-state index in [1.165, 1.54) is 12.2 Å². The molecule has 4 atom stereocenters. The molecule has 5 nitrogen and oxygen atoms in total. The highest BCUT2D eigenvalue weighted by Crippen LogP contribution is 2.30. The molecular weight excluding hydrogens is 196 g/mol. The van der Waals surface area contributed by atoms with Crippen LogP contribution in [0.4, 0.5) is 0 Å². The highest BCUT2D eigenvalue weighted by Gasteiger charge is 2.40. The van der Waals surface area contributed by atoms with Gasteiger partial charge in [0.25, 0.3) is 0 Å². The second kappa shape index (κ2) is 4.78. The smallest absolute Gasteiger partial charge is 0.235 e. The summed E-state index contributed by atoms with van der Waals surface area (Å²) in [6, 6.07) is -0.997. The Labute approximate surface area is 87.3 Å². The Kier molecular flexibility index (Phi) is 3.67. The first kappa shape index (κ1) is 11.5. The van der Waals surface area contributed by atoms with Gasteiger partial charge in [0.05, 0.1) is 6.04 Å². The fraction of sp³-hybridized carbons (Fsp3) is 0.700. The lowest BCUT2D eigenvalue weighted by Gasteiger charge is -2.33. The molecule has 0 aliphatic heterocycles.